The number of rotatable bonds is 12. The number of hydrogen-bond acceptors (Lipinski definition) is 5. The molecule has 2 atom stereocenters. The van der Waals surface area contributed by atoms with Gasteiger partial charge in [-0.3, -0.25) is 14.5 Å². The monoisotopic (exact) mass is 556 g/mol. The smallest absolute Gasteiger partial charge is 0.247 e. The third-order valence-corrected chi connectivity index (χ3v) is 7.79. The van der Waals surface area contributed by atoms with Gasteiger partial charge in [-0.05, 0) is 75.5 Å². The molecule has 2 N–H and O–H groups in total. The average molecular weight is 557 g/mol. The molecule has 1 heterocycles. The Bertz CT molecular complexity index is 1270. The van der Waals surface area contributed by atoms with Gasteiger partial charge in [0.05, 0.1) is 0 Å². The first-order valence-electron chi connectivity index (χ1n) is 14.7. The first-order valence-corrected chi connectivity index (χ1v) is 14.7. The summed E-state index contributed by atoms with van der Waals surface area (Å²) in [6, 6.07) is 25.1. The summed E-state index contributed by atoms with van der Waals surface area (Å²) >= 11 is 0. The Labute approximate surface area is 244 Å². The number of carbonyl (C=O) groups excluding carboxylic acids is 2. The molecule has 0 fully saturated rings. The van der Waals surface area contributed by atoms with Crippen molar-refractivity contribution in [2.45, 2.75) is 64.9 Å². The molecule has 0 radical (unpaired) electrons. The van der Waals surface area contributed by atoms with Gasteiger partial charge >= 0.3 is 0 Å². The quantitative estimate of drug-likeness (QED) is 0.333. The van der Waals surface area contributed by atoms with Crippen LogP contribution >= 0.6 is 0 Å². The lowest BCUT2D eigenvalue weighted by molar-refractivity contribution is -0.143. The Balaban J connectivity index is 1.58. The van der Waals surface area contributed by atoms with Crippen LogP contribution < -0.4 is 15.4 Å². The minimum Gasteiger partial charge on any atom is -0.489 e. The largest absolute Gasteiger partial charge is 0.489 e. The molecular formula is C34H44N4O3. The van der Waals surface area contributed by atoms with E-state index in [1.165, 1.54) is 0 Å². The molecule has 7 nitrogen and oxygen atoms in total. The van der Waals surface area contributed by atoms with Gasteiger partial charge in [0.25, 0.3) is 0 Å². The topological polar surface area (TPSA) is 73.9 Å². The molecule has 0 saturated heterocycles. The zero-order valence-corrected chi connectivity index (χ0v) is 25.0. The van der Waals surface area contributed by atoms with Crippen molar-refractivity contribution in [3.63, 3.8) is 0 Å². The van der Waals surface area contributed by atoms with E-state index in [0.29, 0.717) is 38.2 Å². The average Bonchev–Trinajstić information content (AvgIpc) is 2.98. The number of likely N-dealkylation sites (N-methyl/N-ethyl adjacent to an activating group) is 1. The molecule has 1 unspecified atom stereocenters. The molecular weight excluding hydrogens is 512 g/mol. The van der Waals surface area contributed by atoms with Gasteiger partial charge < -0.3 is 20.3 Å². The van der Waals surface area contributed by atoms with E-state index in [2.05, 4.69) is 43.2 Å². The van der Waals surface area contributed by atoms with Crippen LogP contribution in [0.15, 0.2) is 78.9 Å². The summed E-state index contributed by atoms with van der Waals surface area (Å²) in [6.45, 7) is 10.8. The van der Waals surface area contributed by atoms with Crippen molar-refractivity contribution in [1.82, 2.24) is 20.4 Å². The second kappa shape index (κ2) is 14.3. The van der Waals surface area contributed by atoms with Crippen LogP contribution in [0.5, 0.6) is 5.75 Å². The van der Waals surface area contributed by atoms with E-state index in [1.807, 2.05) is 78.9 Å². The molecule has 0 spiro atoms. The van der Waals surface area contributed by atoms with Crippen molar-refractivity contribution >= 4 is 11.8 Å². The number of nitrogens with one attached hydrogen (secondary N) is 2. The van der Waals surface area contributed by atoms with Gasteiger partial charge in [-0.25, -0.2) is 0 Å². The highest BCUT2D eigenvalue weighted by Gasteiger charge is 2.38. The highest BCUT2D eigenvalue weighted by molar-refractivity contribution is 5.92. The van der Waals surface area contributed by atoms with E-state index >= 15 is 0 Å². The fourth-order valence-electron chi connectivity index (χ4n) is 5.72. The maximum atomic E-state index is 14.0. The van der Waals surface area contributed by atoms with Crippen LogP contribution in [0.4, 0.5) is 0 Å². The molecule has 0 saturated carbocycles. The van der Waals surface area contributed by atoms with Crippen molar-refractivity contribution in [3.05, 3.63) is 101 Å². The van der Waals surface area contributed by atoms with Gasteiger partial charge in [0, 0.05) is 31.7 Å². The molecule has 0 aromatic heterocycles. The Hall–Kier alpha value is -3.68. The van der Waals surface area contributed by atoms with E-state index in [1.54, 1.807) is 11.9 Å². The number of amides is 2. The molecule has 7 heteroatoms. The van der Waals surface area contributed by atoms with Crippen LogP contribution in [-0.4, -0.2) is 60.4 Å². The summed E-state index contributed by atoms with van der Waals surface area (Å²) in [5, 5.41) is 6.32. The number of fused-ring (bicyclic) bond motifs is 1. The van der Waals surface area contributed by atoms with Crippen molar-refractivity contribution < 1.29 is 14.3 Å². The summed E-state index contributed by atoms with van der Waals surface area (Å²) in [5.74, 6) is 0.487. The van der Waals surface area contributed by atoms with Crippen LogP contribution in [0.1, 0.15) is 62.0 Å². The van der Waals surface area contributed by atoms with Gasteiger partial charge in [-0.1, -0.05) is 66.7 Å². The second-order valence-electron chi connectivity index (χ2n) is 11.2. The maximum Gasteiger partial charge on any atom is 0.247 e. The molecule has 2 amide bonds. The van der Waals surface area contributed by atoms with Gasteiger partial charge in [-0.2, -0.15) is 0 Å². The second-order valence-corrected chi connectivity index (χ2v) is 11.2. The van der Waals surface area contributed by atoms with E-state index in [9.17, 15) is 9.59 Å². The molecule has 0 bridgehead atoms. The lowest BCUT2D eigenvalue weighted by Crippen LogP contribution is -2.51. The van der Waals surface area contributed by atoms with Crippen LogP contribution in [0.25, 0.3) is 0 Å². The standard InChI is InChI=1S/C34H44N4O3/c1-24(2)37(25(3)4)21-19-36-33(39)32-30-17-16-29(41-23-26-12-8-6-9-13-26)22-28(30)18-20-38(32)34(40)31(35-5)27-14-10-7-11-15-27/h6-17,22,24-25,31-32,35H,18-21,23H2,1-5H3,(H,36,39)/t31?,32-/m1/s1. The van der Waals surface area contributed by atoms with E-state index in [0.717, 1.165) is 34.5 Å². The van der Waals surface area contributed by atoms with E-state index in [-0.39, 0.29) is 11.8 Å². The Morgan fingerprint density at radius 3 is 2.24 bits per heavy atom. The summed E-state index contributed by atoms with van der Waals surface area (Å²) < 4.78 is 6.08. The van der Waals surface area contributed by atoms with Crippen molar-refractivity contribution in [2.24, 2.45) is 0 Å². The lowest BCUT2D eigenvalue weighted by atomic mass is 9.90. The van der Waals surface area contributed by atoms with Crippen molar-refractivity contribution in [1.29, 1.82) is 0 Å². The Kier molecular flexibility index (Phi) is 10.6. The lowest BCUT2D eigenvalue weighted by Gasteiger charge is -2.38. The number of ether oxygens (including phenoxy) is 1. The molecule has 4 rings (SSSR count). The number of hydrogen-bond donors (Lipinski definition) is 2. The number of carbonyl (C=O) groups is 2. The highest BCUT2D eigenvalue weighted by Crippen LogP contribution is 2.34. The molecule has 218 valence electrons. The zero-order valence-electron chi connectivity index (χ0n) is 25.0. The third kappa shape index (κ3) is 7.54. The van der Waals surface area contributed by atoms with Crippen LogP contribution in [0.3, 0.4) is 0 Å². The predicted octanol–water partition coefficient (Wildman–Crippen LogP) is 4.89. The molecule has 0 aliphatic carbocycles. The minimum atomic E-state index is -0.722. The van der Waals surface area contributed by atoms with Crippen LogP contribution in [0.2, 0.25) is 0 Å². The van der Waals surface area contributed by atoms with Gasteiger partial charge in [0.1, 0.15) is 24.4 Å². The third-order valence-electron chi connectivity index (χ3n) is 7.79. The molecule has 3 aromatic carbocycles. The predicted molar refractivity (Wildman–Crippen MR) is 164 cm³/mol. The maximum absolute atomic E-state index is 14.0. The fourth-order valence-corrected chi connectivity index (χ4v) is 5.72. The summed E-state index contributed by atoms with van der Waals surface area (Å²) in [7, 11) is 1.78. The fraction of sp³-hybridized carbons (Fsp3) is 0.412. The first kappa shape index (κ1) is 30.3. The van der Waals surface area contributed by atoms with E-state index in [4.69, 9.17) is 4.74 Å². The summed E-state index contributed by atoms with van der Waals surface area (Å²) in [4.78, 5) is 31.9. The van der Waals surface area contributed by atoms with E-state index < -0.39 is 12.1 Å². The molecule has 1 aliphatic heterocycles. The molecule has 3 aromatic rings. The Morgan fingerprint density at radius 1 is 0.951 bits per heavy atom. The number of nitrogens with zero attached hydrogens (tertiary/aromatic N) is 2. The highest BCUT2D eigenvalue weighted by atomic mass is 16.5. The number of benzene rings is 3. The normalized spacial score (nSPS) is 15.6. The van der Waals surface area contributed by atoms with Crippen molar-refractivity contribution in [2.75, 3.05) is 26.7 Å². The van der Waals surface area contributed by atoms with Crippen LogP contribution in [-0.2, 0) is 22.6 Å². The van der Waals surface area contributed by atoms with Gasteiger partial charge in [0.15, 0.2) is 0 Å². The molecule has 41 heavy (non-hydrogen) atoms. The van der Waals surface area contributed by atoms with Crippen LogP contribution in [0, 0.1) is 0 Å². The zero-order chi connectivity index (χ0) is 29.4. The Morgan fingerprint density at radius 2 is 1.61 bits per heavy atom. The first-order chi connectivity index (χ1) is 19.8. The van der Waals surface area contributed by atoms with Gasteiger partial charge in [-0.15, -0.1) is 0 Å². The van der Waals surface area contributed by atoms with Gasteiger partial charge in [0.2, 0.25) is 11.8 Å². The van der Waals surface area contributed by atoms with Crippen molar-refractivity contribution in [3.8, 4) is 5.75 Å². The summed E-state index contributed by atoms with van der Waals surface area (Å²) in [6.07, 6.45) is 0.646. The minimum absolute atomic E-state index is 0.111. The SMILES string of the molecule is CNC(C(=O)N1CCc2cc(OCc3ccccc3)ccc2[C@@H]1C(=O)NCCN(C(C)C)C(C)C)c1ccccc1. The molecule has 1 aliphatic rings. The summed E-state index contributed by atoms with van der Waals surface area (Å²) in [5.41, 5.74) is 3.85.